The highest BCUT2D eigenvalue weighted by atomic mass is 19.1. The summed E-state index contributed by atoms with van der Waals surface area (Å²) in [5.74, 6) is -0.615. The molecule has 0 fully saturated rings. The molecule has 5 heteroatoms. The molecule has 78 valence electrons. The van der Waals surface area contributed by atoms with Crippen molar-refractivity contribution in [2.45, 2.75) is 14.0 Å². The second-order valence-corrected chi connectivity index (χ2v) is 2.47. The largest absolute Gasteiger partial charge is 0.380 e. The zero-order valence-electron chi connectivity index (χ0n) is 6.99. The minimum Gasteiger partial charge on any atom is -0.380 e. The van der Waals surface area contributed by atoms with Crippen molar-refractivity contribution in [3.8, 4) is 0 Å². The molecule has 0 saturated heterocycles. The standard InChI is InChI=1S/C8H8FNO3.CH4/c1-13-5-6-2-3-7(10(11)12)4-8(6)9;/h2-4H,5H2,1H3;1H4. The first kappa shape index (κ1) is 12.5. The van der Waals surface area contributed by atoms with Crippen molar-refractivity contribution in [1.29, 1.82) is 0 Å². The van der Waals surface area contributed by atoms with Crippen molar-refractivity contribution < 1.29 is 14.1 Å². The molecule has 0 radical (unpaired) electrons. The highest BCUT2D eigenvalue weighted by Crippen LogP contribution is 2.16. The molecular weight excluding hydrogens is 189 g/mol. The van der Waals surface area contributed by atoms with Gasteiger partial charge in [0.2, 0.25) is 0 Å². The molecule has 0 saturated carbocycles. The summed E-state index contributed by atoms with van der Waals surface area (Å²) in [6, 6.07) is 3.47. The van der Waals surface area contributed by atoms with E-state index in [0.717, 1.165) is 6.07 Å². The molecule has 0 aliphatic carbocycles. The van der Waals surface area contributed by atoms with E-state index in [1.807, 2.05) is 0 Å². The number of nitro benzene ring substituents is 1. The average Bonchev–Trinajstić information content (AvgIpc) is 2.08. The molecule has 14 heavy (non-hydrogen) atoms. The molecule has 0 amide bonds. The van der Waals surface area contributed by atoms with Crippen LogP contribution in [0, 0.1) is 15.9 Å². The Morgan fingerprint density at radius 1 is 1.57 bits per heavy atom. The molecule has 0 N–H and O–H groups in total. The number of halogens is 1. The molecule has 0 aromatic heterocycles. The lowest BCUT2D eigenvalue weighted by atomic mass is 10.2. The van der Waals surface area contributed by atoms with Gasteiger partial charge in [-0.05, 0) is 6.07 Å². The van der Waals surface area contributed by atoms with Crippen molar-refractivity contribution >= 4 is 5.69 Å². The fraction of sp³-hybridized carbons (Fsp3) is 0.333. The van der Waals surface area contributed by atoms with Crippen LogP contribution in [0.25, 0.3) is 0 Å². The number of hydrogen-bond acceptors (Lipinski definition) is 3. The zero-order chi connectivity index (χ0) is 9.84. The summed E-state index contributed by atoms with van der Waals surface area (Å²) in [7, 11) is 1.43. The second kappa shape index (κ2) is 5.29. The Morgan fingerprint density at radius 2 is 2.21 bits per heavy atom. The molecular formula is C9H12FNO3. The number of methoxy groups -OCH3 is 1. The number of hydrogen-bond donors (Lipinski definition) is 0. The normalized spacial score (nSPS) is 9.29. The van der Waals surface area contributed by atoms with E-state index in [-0.39, 0.29) is 19.7 Å². The average molecular weight is 201 g/mol. The molecule has 1 aromatic rings. The molecule has 1 aromatic carbocycles. The van der Waals surface area contributed by atoms with Crippen LogP contribution < -0.4 is 0 Å². The summed E-state index contributed by atoms with van der Waals surface area (Å²) >= 11 is 0. The highest BCUT2D eigenvalue weighted by molar-refractivity contribution is 5.33. The molecule has 0 unspecified atom stereocenters. The lowest BCUT2D eigenvalue weighted by Gasteiger charge is -2.00. The topological polar surface area (TPSA) is 52.4 Å². The van der Waals surface area contributed by atoms with E-state index in [2.05, 4.69) is 0 Å². The summed E-state index contributed by atoms with van der Waals surface area (Å²) in [6.07, 6.45) is 0. The van der Waals surface area contributed by atoms with E-state index in [1.54, 1.807) is 0 Å². The molecule has 0 atom stereocenters. The van der Waals surface area contributed by atoms with Crippen LogP contribution in [0.1, 0.15) is 13.0 Å². The molecule has 0 bridgehead atoms. The van der Waals surface area contributed by atoms with E-state index < -0.39 is 10.7 Å². The number of nitro groups is 1. The fourth-order valence-corrected chi connectivity index (χ4v) is 0.922. The van der Waals surface area contributed by atoms with Crippen LogP contribution >= 0.6 is 0 Å². The second-order valence-electron chi connectivity index (χ2n) is 2.47. The van der Waals surface area contributed by atoms with Gasteiger partial charge in [0.15, 0.2) is 0 Å². The maximum Gasteiger partial charge on any atom is 0.272 e. The van der Waals surface area contributed by atoms with Gasteiger partial charge in [0.25, 0.3) is 5.69 Å². The van der Waals surface area contributed by atoms with Crippen LogP contribution in [-0.4, -0.2) is 12.0 Å². The lowest BCUT2D eigenvalue weighted by molar-refractivity contribution is -0.385. The molecule has 0 heterocycles. The number of ether oxygens (including phenoxy) is 1. The van der Waals surface area contributed by atoms with Gasteiger partial charge in [0.05, 0.1) is 17.6 Å². The van der Waals surface area contributed by atoms with Gasteiger partial charge in [-0.2, -0.15) is 0 Å². The molecule has 1 rings (SSSR count). The summed E-state index contributed by atoms with van der Waals surface area (Å²) < 4.78 is 17.7. The van der Waals surface area contributed by atoms with Crippen LogP contribution in [0.15, 0.2) is 18.2 Å². The Bertz CT molecular complexity index is 328. The summed E-state index contributed by atoms with van der Waals surface area (Å²) in [6.45, 7) is 0.115. The SMILES string of the molecule is C.COCc1ccc([N+](=O)[O-])cc1F. The predicted molar refractivity (Wildman–Crippen MR) is 50.5 cm³/mol. The van der Waals surface area contributed by atoms with Gasteiger partial charge in [-0.25, -0.2) is 4.39 Å². The Hall–Kier alpha value is -1.49. The van der Waals surface area contributed by atoms with Crippen LogP contribution in [0.4, 0.5) is 10.1 Å². The van der Waals surface area contributed by atoms with Crippen molar-refractivity contribution in [3.63, 3.8) is 0 Å². The Kier molecular flexibility index (Phi) is 4.72. The summed E-state index contributed by atoms with van der Waals surface area (Å²) in [5.41, 5.74) is 0.0606. The van der Waals surface area contributed by atoms with Crippen LogP contribution in [0.2, 0.25) is 0 Å². The third-order valence-electron chi connectivity index (χ3n) is 1.55. The minimum atomic E-state index is -0.639. The van der Waals surface area contributed by atoms with Gasteiger partial charge in [0, 0.05) is 18.7 Å². The summed E-state index contributed by atoms with van der Waals surface area (Å²) in [5, 5.41) is 10.2. The van der Waals surface area contributed by atoms with Crippen molar-refractivity contribution in [2.24, 2.45) is 0 Å². The van der Waals surface area contributed by atoms with Gasteiger partial charge in [-0.15, -0.1) is 0 Å². The first-order valence-corrected chi connectivity index (χ1v) is 3.57. The molecule has 0 aliphatic heterocycles. The smallest absolute Gasteiger partial charge is 0.272 e. The molecule has 0 spiro atoms. The van der Waals surface area contributed by atoms with E-state index in [9.17, 15) is 14.5 Å². The minimum absolute atomic E-state index is 0. The van der Waals surface area contributed by atoms with Gasteiger partial charge in [-0.3, -0.25) is 10.1 Å². The van der Waals surface area contributed by atoms with Crippen LogP contribution in [0.5, 0.6) is 0 Å². The molecule has 4 nitrogen and oxygen atoms in total. The van der Waals surface area contributed by atoms with Crippen molar-refractivity contribution in [2.75, 3.05) is 7.11 Å². The number of rotatable bonds is 3. The van der Waals surface area contributed by atoms with E-state index >= 15 is 0 Å². The quantitative estimate of drug-likeness (QED) is 0.557. The highest BCUT2D eigenvalue weighted by Gasteiger charge is 2.09. The van der Waals surface area contributed by atoms with Crippen molar-refractivity contribution in [1.82, 2.24) is 0 Å². The van der Waals surface area contributed by atoms with Crippen LogP contribution in [-0.2, 0) is 11.3 Å². The van der Waals surface area contributed by atoms with E-state index in [4.69, 9.17) is 4.74 Å². The lowest BCUT2D eigenvalue weighted by Crippen LogP contribution is -1.95. The molecule has 0 aliphatic rings. The summed E-state index contributed by atoms with van der Waals surface area (Å²) in [4.78, 5) is 9.59. The number of non-ortho nitro benzene ring substituents is 1. The maximum absolute atomic E-state index is 13.0. The Morgan fingerprint density at radius 3 is 2.64 bits per heavy atom. The van der Waals surface area contributed by atoms with E-state index in [0.29, 0.717) is 5.56 Å². The predicted octanol–water partition coefficient (Wildman–Crippen LogP) is 2.52. The fourth-order valence-electron chi connectivity index (χ4n) is 0.922. The van der Waals surface area contributed by atoms with E-state index in [1.165, 1.54) is 19.2 Å². The van der Waals surface area contributed by atoms with Gasteiger partial charge < -0.3 is 4.74 Å². The maximum atomic E-state index is 13.0. The Balaban J connectivity index is 0.00000169. The monoisotopic (exact) mass is 201 g/mol. The first-order valence-electron chi connectivity index (χ1n) is 3.57. The van der Waals surface area contributed by atoms with Gasteiger partial charge in [0.1, 0.15) is 5.82 Å². The third kappa shape index (κ3) is 2.77. The number of benzene rings is 1. The third-order valence-corrected chi connectivity index (χ3v) is 1.55. The van der Waals surface area contributed by atoms with Gasteiger partial charge in [-0.1, -0.05) is 7.43 Å². The van der Waals surface area contributed by atoms with Crippen molar-refractivity contribution in [3.05, 3.63) is 39.7 Å². The Labute approximate surface area is 81.5 Å². The number of nitrogens with zero attached hydrogens (tertiary/aromatic N) is 1. The van der Waals surface area contributed by atoms with Gasteiger partial charge >= 0.3 is 0 Å². The van der Waals surface area contributed by atoms with Crippen LogP contribution in [0.3, 0.4) is 0 Å². The zero-order valence-corrected chi connectivity index (χ0v) is 6.99. The first-order chi connectivity index (χ1) is 6.15.